The maximum Gasteiger partial charge on any atom is 0.266 e. The standard InChI is InChI=1S/C17H23N3O3/c1-17(2,3)15-18-16(19-23-15)20-10-12(21)9-14(20)11-6-5-7-13(8-11)22-4/h5-8,12,14,21H,9-10H2,1-4H3/t12-,14-/m1/s1. The highest BCUT2D eigenvalue weighted by Crippen LogP contribution is 2.36. The van der Waals surface area contributed by atoms with E-state index >= 15 is 0 Å². The fraction of sp³-hybridized carbons (Fsp3) is 0.529. The Bertz CT molecular complexity index is 678. The Morgan fingerprint density at radius 3 is 2.78 bits per heavy atom. The van der Waals surface area contributed by atoms with Crippen molar-refractivity contribution in [3.05, 3.63) is 35.7 Å². The fourth-order valence-corrected chi connectivity index (χ4v) is 2.84. The van der Waals surface area contributed by atoms with Crippen LogP contribution in [0, 0.1) is 0 Å². The Morgan fingerprint density at radius 2 is 2.13 bits per heavy atom. The summed E-state index contributed by atoms with van der Waals surface area (Å²) in [5.74, 6) is 1.92. The van der Waals surface area contributed by atoms with Gasteiger partial charge in [-0.15, -0.1) is 0 Å². The van der Waals surface area contributed by atoms with Gasteiger partial charge in [0.25, 0.3) is 5.95 Å². The molecule has 2 atom stereocenters. The Morgan fingerprint density at radius 1 is 1.35 bits per heavy atom. The predicted octanol–water partition coefficient (Wildman–Crippen LogP) is 2.69. The van der Waals surface area contributed by atoms with Gasteiger partial charge in [0.05, 0.1) is 19.3 Å². The van der Waals surface area contributed by atoms with Crippen LogP contribution in [0.4, 0.5) is 5.95 Å². The molecule has 0 radical (unpaired) electrons. The molecule has 3 rings (SSSR count). The first kappa shape index (κ1) is 15.8. The van der Waals surface area contributed by atoms with Gasteiger partial charge >= 0.3 is 0 Å². The summed E-state index contributed by atoms with van der Waals surface area (Å²) in [6.45, 7) is 6.58. The van der Waals surface area contributed by atoms with Crippen molar-refractivity contribution in [2.45, 2.75) is 44.8 Å². The van der Waals surface area contributed by atoms with E-state index in [2.05, 4.69) is 10.1 Å². The van der Waals surface area contributed by atoms with Crippen LogP contribution in [-0.4, -0.2) is 35.0 Å². The summed E-state index contributed by atoms with van der Waals surface area (Å²) in [6.07, 6.45) is 0.217. The Kier molecular flexibility index (Phi) is 4.02. The molecule has 2 aromatic rings. The predicted molar refractivity (Wildman–Crippen MR) is 86.7 cm³/mol. The first-order chi connectivity index (χ1) is 10.9. The molecule has 1 N–H and O–H groups in total. The van der Waals surface area contributed by atoms with Gasteiger partial charge in [-0.1, -0.05) is 32.9 Å². The summed E-state index contributed by atoms with van der Waals surface area (Å²) in [6, 6.07) is 7.88. The second-order valence-electron chi connectivity index (χ2n) is 6.98. The summed E-state index contributed by atoms with van der Waals surface area (Å²) >= 11 is 0. The zero-order chi connectivity index (χ0) is 16.6. The lowest BCUT2D eigenvalue weighted by atomic mass is 9.97. The van der Waals surface area contributed by atoms with Crippen LogP contribution in [0.15, 0.2) is 28.8 Å². The van der Waals surface area contributed by atoms with E-state index in [1.54, 1.807) is 7.11 Å². The van der Waals surface area contributed by atoms with Crippen molar-refractivity contribution in [2.75, 3.05) is 18.6 Å². The van der Waals surface area contributed by atoms with Crippen LogP contribution in [-0.2, 0) is 5.41 Å². The molecule has 1 saturated heterocycles. The minimum absolute atomic E-state index is 0.00511. The molecular weight excluding hydrogens is 294 g/mol. The molecule has 0 amide bonds. The highest BCUT2D eigenvalue weighted by atomic mass is 16.5. The number of methoxy groups -OCH3 is 1. The molecule has 1 fully saturated rings. The van der Waals surface area contributed by atoms with E-state index in [-0.39, 0.29) is 11.5 Å². The van der Waals surface area contributed by atoms with Crippen molar-refractivity contribution >= 4 is 5.95 Å². The molecule has 0 aliphatic carbocycles. The molecule has 1 aliphatic heterocycles. The first-order valence-electron chi connectivity index (χ1n) is 7.81. The third-order valence-corrected chi connectivity index (χ3v) is 4.07. The number of nitrogens with zero attached hydrogens (tertiary/aromatic N) is 3. The van der Waals surface area contributed by atoms with Gasteiger partial charge in [0.2, 0.25) is 5.89 Å². The minimum Gasteiger partial charge on any atom is -0.497 e. The molecule has 1 aromatic heterocycles. The zero-order valence-corrected chi connectivity index (χ0v) is 14.0. The molecule has 23 heavy (non-hydrogen) atoms. The van der Waals surface area contributed by atoms with E-state index < -0.39 is 6.10 Å². The molecule has 0 unspecified atom stereocenters. The van der Waals surface area contributed by atoms with Crippen molar-refractivity contribution in [1.29, 1.82) is 0 Å². The Hall–Kier alpha value is -2.08. The number of hydrogen-bond donors (Lipinski definition) is 1. The molecule has 0 saturated carbocycles. The molecule has 6 heteroatoms. The molecule has 0 bridgehead atoms. The minimum atomic E-state index is -0.414. The number of rotatable bonds is 3. The number of β-amino-alcohol motifs (C(OH)–C–C–N with tert-alkyl or cyclic N) is 1. The molecule has 1 aliphatic rings. The van der Waals surface area contributed by atoms with E-state index in [1.807, 2.05) is 49.9 Å². The van der Waals surface area contributed by atoms with E-state index in [9.17, 15) is 5.11 Å². The van der Waals surface area contributed by atoms with E-state index in [0.29, 0.717) is 24.8 Å². The van der Waals surface area contributed by atoms with Gasteiger partial charge in [-0.25, -0.2) is 0 Å². The van der Waals surface area contributed by atoms with Crippen LogP contribution in [0.25, 0.3) is 0 Å². The van der Waals surface area contributed by atoms with Crippen LogP contribution >= 0.6 is 0 Å². The Balaban J connectivity index is 1.92. The second-order valence-corrected chi connectivity index (χ2v) is 6.98. The number of aromatic nitrogens is 2. The van der Waals surface area contributed by atoms with E-state index in [4.69, 9.17) is 9.26 Å². The molecular formula is C17H23N3O3. The van der Waals surface area contributed by atoms with Gasteiger partial charge in [0, 0.05) is 12.0 Å². The van der Waals surface area contributed by atoms with Crippen LogP contribution in [0.3, 0.4) is 0 Å². The number of anilines is 1. The normalized spacial score (nSPS) is 21.7. The molecule has 0 spiro atoms. The average Bonchev–Trinajstić information content (AvgIpc) is 3.13. The number of hydrogen-bond acceptors (Lipinski definition) is 6. The van der Waals surface area contributed by atoms with Gasteiger partial charge in [-0.3, -0.25) is 0 Å². The molecule has 1 aromatic carbocycles. The smallest absolute Gasteiger partial charge is 0.266 e. The summed E-state index contributed by atoms with van der Waals surface area (Å²) in [4.78, 5) is 6.52. The van der Waals surface area contributed by atoms with Crippen molar-refractivity contribution in [1.82, 2.24) is 10.1 Å². The third kappa shape index (κ3) is 3.17. The molecule has 6 nitrogen and oxygen atoms in total. The highest BCUT2D eigenvalue weighted by molar-refractivity contribution is 5.41. The summed E-state index contributed by atoms with van der Waals surface area (Å²) in [7, 11) is 1.65. The number of benzene rings is 1. The van der Waals surface area contributed by atoms with E-state index in [1.165, 1.54) is 0 Å². The van der Waals surface area contributed by atoms with Crippen molar-refractivity contribution in [3.63, 3.8) is 0 Å². The summed E-state index contributed by atoms with van der Waals surface area (Å²) in [5.41, 5.74) is 0.873. The lowest BCUT2D eigenvalue weighted by Crippen LogP contribution is -2.25. The number of aliphatic hydroxyl groups excluding tert-OH is 1. The second kappa shape index (κ2) is 5.85. The first-order valence-corrected chi connectivity index (χ1v) is 7.81. The number of ether oxygens (including phenoxy) is 1. The number of aliphatic hydroxyl groups is 1. The fourth-order valence-electron chi connectivity index (χ4n) is 2.84. The van der Waals surface area contributed by atoms with Crippen LogP contribution < -0.4 is 9.64 Å². The maximum atomic E-state index is 10.1. The Labute approximate surface area is 136 Å². The average molecular weight is 317 g/mol. The van der Waals surface area contributed by atoms with Gasteiger partial charge < -0.3 is 19.3 Å². The zero-order valence-electron chi connectivity index (χ0n) is 14.0. The largest absolute Gasteiger partial charge is 0.497 e. The SMILES string of the molecule is COc1cccc([C@H]2C[C@@H](O)CN2c2noc(C(C)(C)C)n2)c1. The van der Waals surface area contributed by atoms with Crippen molar-refractivity contribution < 1.29 is 14.4 Å². The van der Waals surface area contributed by atoms with Crippen LogP contribution in [0.1, 0.15) is 44.7 Å². The van der Waals surface area contributed by atoms with Gasteiger partial charge in [0.1, 0.15) is 5.75 Å². The highest BCUT2D eigenvalue weighted by Gasteiger charge is 2.36. The third-order valence-electron chi connectivity index (χ3n) is 4.07. The van der Waals surface area contributed by atoms with Gasteiger partial charge in [0.15, 0.2) is 0 Å². The van der Waals surface area contributed by atoms with Gasteiger partial charge in [-0.2, -0.15) is 4.98 Å². The maximum absolute atomic E-state index is 10.1. The van der Waals surface area contributed by atoms with Crippen molar-refractivity contribution in [2.24, 2.45) is 0 Å². The monoisotopic (exact) mass is 317 g/mol. The summed E-state index contributed by atoms with van der Waals surface area (Å²) < 4.78 is 10.7. The van der Waals surface area contributed by atoms with Crippen molar-refractivity contribution in [3.8, 4) is 5.75 Å². The van der Waals surface area contributed by atoms with Crippen LogP contribution in [0.5, 0.6) is 5.75 Å². The molecule has 2 heterocycles. The van der Waals surface area contributed by atoms with Gasteiger partial charge in [-0.05, 0) is 29.3 Å². The van der Waals surface area contributed by atoms with E-state index in [0.717, 1.165) is 11.3 Å². The topological polar surface area (TPSA) is 71.6 Å². The van der Waals surface area contributed by atoms with Crippen LogP contribution in [0.2, 0.25) is 0 Å². The lowest BCUT2D eigenvalue weighted by molar-refractivity contribution is 0.194. The summed E-state index contributed by atoms with van der Waals surface area (Å²) in [5, 5.41) is 14.2. The molecule has 124 valence electrons. The quantitative estimate of drug-likeness (QED) is 0.938. The lowest BCUT2D eigenvalue weighted by Gasteiger charge is -2.23.